The summed E-state index contributed by atoms with van der Waals surface area (Å²) in [6.45, 7) is 6.03. The van der Waals surface area contributed by atoms with Crippen LogP contribution in [0.3, 0.4) is 0 Å². The minimum absolute atomic E-state index is 0.000222. The Hall–Kier alpha value is -1.40. The van der Waals surface area contributed by atoms with Crippen LogP contribution in [0.2, 0.25) is 0 Å². The number of carbonyl (C=O) groups is 2. The first-order valence-corrected chi connectivity index (χ1v) is 7.56. The topological polar surface area (TPSA) is 78.4 Å². The zero-order valence-electron chi connectivity index (χ0n) is 12.1. The first-order chi connectivity index (χ1) is 9.45. The molecule has 0 saturated carbocycles. The van der Waals surface area contributed by atoms with Gasteiger partial charge in [-0.1, -0.05) is 26.8 Å². The van der Waals surface area contributed by atoms with Crippen LogP contribution in [-0.4, -0.2) is 36.1 Å². The van der Waals surface area contributed by atoms with Gasteiger partial charge in [-0.15, -0.1) is 11.3 Å². The van der Waals surface area contributed by atoms with Gasteiger partial charge in [0.05, 0.1) is 4.88 Å². The van der Waals surface area contributed by atoms with Crippen LogP contribution in [0.1, 0.15) is 30.4 Å². The molecule has 0 aliphatic rings. The van der Waals surface area contributed by atoms with Crippen LogP contribution in [-0.2, 0) is 4.79 Å². The average Bonchev–Trinajstić information content (AvgIpc) is 2.95. The molecule has 0 aromatic carbocycles. The molecule has 0 radical (unpaired) electrons. The third-order valence-corrected chi connectivity index (χ3v) is 3.79. The molecule has 1 aromatic heterocycles. The van der Waals surface area contributed by atoms with Gasteiger partial charge in [0.2, 0.25) is 5.91 Å². The van der Waals surface area contributed by atoms with E-state index in [0.717, 1.165) is 0 Å². The van der Waals surface area contributed by atoms with E-state index in [4.69, 9.17) is 5.11 Å². The van der Waals surface area contributed by atoms with Crippen LogP contribution in [0.25, 0.3) is 0 Å². The minimum atomic E-state index is -0.574. The Bertz CT molecular complexity index is 432. The van der Waals surface area contributed by atoms with E-state index in [1.165, 1.54) is 11.3 Å². The van der Waals surface area contributed by atoms with Gasteiger partial charge in [-0.25, -0.2) is 0 Å². The molecule has 0 spiro atoms. The molecule has 1 rings (SSSR count). The minimum Gasteiger partial charge on any atom is -0.396 e. The predicted molar refractivity (Wildman–Crippen MR) is 79.7 cm³/mol. The summed E-state index contributed by atoms with van der Waals surface area (Å²) in [6, 6.07) is 2.95. The van der Waals surface area contributed by atoms with Gasteiger partial charge in [0, 0.05) is 13.2 Å². The molecular weight excluding hydrogens is 276 g/mol. The van der Waals surface area contributed by atoms with Gasteiger partial charge in [-0.3, -0.25) is 9.59 Å². The van der Waals surface area contributed by atoms with Gasteiger partial charge in [0.1, 0.15) is 6.04 Å². The van der Waals surface area contributed by atoms with Gasteiger partial charge in [-0.2, -0.15) is 0 Å². The van der Waals surface area contributed by atoms with Crippen molar-refractivity contribution in [3.05, 3.63) is 22.4 Å². The molecule has 112 valence electrons. The van der Waals surface area contributed by atoms with Crippen molar-refractivity contribution in [1.82, 2.24) is 10.6 Å². The number of amides is 2. The summed E-state index contributed by atoms with van der Waals surface area (Å²) in [6.07, 6.45) is 0. The fourth-order valence-electron chi connectivity index (χ4n) is 1.60. The van der Waals surface area contributed by atoms with Crippen molar-refractivity contribution in [1.29, 1.82) is 0 Å². The molecule has 6 heteroatoms. The van der Waals surface area contributed by atoms with E-state index in [0.29, 0.717) is 11.4 Å². The van der Waals surface area contributed by atoms with Crippen molar-refractivity contribution in [3.63, 3.8) is 0 Å². The lowest BCUT2D eigenvalue weighted by atomic mass is 10.0. The summed E-state index contributed by atoms with van der Waals surface area (Å²) < 4.78 is 0. The summed E-state index contributed by atoms with van der Waals surface area (Å²) >= 11 is 1.34. The van der Waals surface area contributed by atoms with E-state index in [1.54, 1.807) is 12.1 Å². The SMILES string of the molecule is CC(CO)CNC(=O)C(NC(=O)c1cccs1)C(C)C. The Balaban J connectivity index is 2.60. The van der Waals surface area contributed by atoms with E-state index in [-0.39, 0.29) is 30.3 Å². The Morgan fingerprint density at radius 2 is 2.05 bits per heavy atom. The number of hydrogen-bond donors (Lipinski definition) is 3. The fourth-order valence-corrected chi connectivity index (χ4v) is 2.23. The average molecular weight is 298 g/mol. The third kappa shape index (κ3) is 4.94. The molecule has 2 unspecified atom stereocenters. The Kier molecular flexibility index (Phi) is 6.67. The van der Waals surface area contributed by atoms with Crippen molar-refractivity contribution < 1.29 is 14.7 Å². The van der Waals surface area contributed by atoms with Gasteiger partial charge < -0.3 is 15.7 Å². The molecule has 0 aliphatic carbocycles. The quantitative estimate of drug-likeness (QED) is 0.709. The molecule has 5 nitrogen and oxygen atoms in total. The maximum absolute atomic E-state index is 12.1. The van der Waals surface area contributed by atoms with Gasteiger partial charge in [0.25, 0.3) is 5.91 Å². The van der Waals surface area contributed by atoms with E-state index in [9.17, 15) is 9.59 Å². The second-order valence-corrected chi connectivity index (χ2v) is 6.15. The van der Waals surface area contributed by atoms with Crippen LogP contribution in [0, 0.1) is 11.8 Å². The number of rotatable bonds is 7. The summed E-state index contributed by atoms with van der Waals surface area (Å²) in [7, 11) is 0. The summed E-state index contributed by atoms with van der Waals surface area (Å²) in [5.41, 5.74) is 0. The molecule has 1 aromatic rings. The monoisotopic (exact) mass is 298 g/mol. The molecule has 2 atom stereocenters. The number of hydrogen-bond acceptors (Lipinski definition) is 4. The Morgan fingerprint density at radius 3 is 2.55 bits per heavy atom. The Labute approximate surface area is 123 Å². The first kappa shape index (κ1) is 16.7. The molecule has 3 N–H and O–H groups in total. The normalized spacial score (nSPS) is 13.8. The Morgan fingerprint density at radius 1 is 1.35 bits per heavy atom. The molecule has 2 amide bonds. The highest BCUT2D eigenvalue weighted by molar-refractivity contribution is 7.12. The number of aliphatic hydroxyl groups excluding tert-OH is 1. The van der Waals surface area contributed by atoms with E-state index >= 15 is 0 Å². The molecular formula is C14H22N2O3S. The predicted octanol–water partition coefficient (Wildman–Crippen LogP) is 1.25. The molecule has 20 heavy (non-hydrogen) atoms. The van der Waals surface area contributed by atoms with E-state index in [1.807, 2.05) is 26.2 Å². The summed E-state index contributed by atoms with van der Waals surface area (Å²) in [5, 5.41) is 16.3. The second kappa shape index (κ2) is 8.01. The van der Waals surface area contributed by atoms with Crippen molar-refractivity contribution in [2.45, 2.75) is 26.8 Å². The number of nitrogens with one attached hydrogen (secondary N) is 2. The largest absolute Gasteiger partial charge is 0.396 e. The maximum atomic E-state index is 12.1. The highest BCUT2D eigenvalue weighted by Crippen LogP contribution is 2.10. The standard InChI is InChI=1S/C14H22N2O3S/c1-9(2)12(14(19)15-7-10(3)8-17)16-13(18)11-5-4-6-20-11/h4-6,9-10,12,17H,7-8H2,1-3H3,(H,15,19)(H,16,18). The van der Waals surface area contributed by atoms with Crippen molar-refractivity contribution in [2.75, 3.05) is 13.2 Å². The van der Waals surface area contributed by atoms with E-state index < -0.39 is 6.04 Å². The van der Waals surface area contributed by atoms with Crippen LogP contribution in [0.4, 0.5) is 0 Å². The summed E-state index contributed by atoms with van der Waals surface area (Å²) in [5.74, 6) is -0.461. The molecule has 0 fully saturated rings. The molecule has 1 heterocycles. The summed E-state index contributed by atoms with van der Waals surface area (Å²) in [4.78, 5) is 24.7. The lowest BCUT2D eigenvalue weighted by Crippen LogP contribution is -2.50. The van der Waals surface area contributed by atoms with Gasteiger partial charge >= 0.3 is 0 Å². The fraction of sp³-hybridized carbons (Fsp3) is 0.571. The van der Waals surface area contributed by atoms with Crippen molar-refractivity contribution in [2.24, 2.45) is 11.8 Å². The third-order valence-electron chi connectivity index (χ3n) is 2.92. The zero-order valence-corrected chi connectivity index (χ0v) is 12.9. The maximum Gasteiger partial charge on any atom is 0.262 e. The smallest absolute Gasteiger partial charge is 0.262 e. The number of carbonyl (C=O) groups excluding carboxylic acids is 2. The van der Waals surface area contributed by atoms with Crippen LogP contribution >= 0.6 is 11.3 Å². The van der Waals surface area contributed by atoms with Crippen molar-refractivity contribution in [3.8, 4) is 0 Å². The van der Waals surface area contributed by atoms with Gasteiger partial charge in [0.15, 0.2) is 0 Å². The lowest BCUT2D eigenvalue weighted by Gasteiger charge is -2.22. The van der Waals surface area contributed by atoms with E-state index in [2.05, 4.69) is 10.6 Å². The highest BCUT2D eigenvalue weighted by Gasteiger charge is 2.24. The van der Waals surface area contributed by atoms with Crippen LogP contribution in [0.5, 0.6) is 0 Å². The molecule has 0 bridgehead atoms. The zero-order chi connectivity index (χ0) is 15.1. The van der Waals surface area contributed by atoms with Crippen molar-refractivity contribution >= 4 is 23.2 Å². The first-order valence-electron chi connectivity index (χ1n) is 6.68. The lowest BCUT2D eigenvalue weighted by molar-refractivity contribution is -0.124. The molecule has 0 saturated heterocycles. The number of aliphatic hydroxyl groups is 1. The number of thiophene rings is 1. The van der Waals surface area contributed by atoms with Gasteiger partial charge in [-0.05, 0) is 23.3 Å². The molecule has 0 aliphatic heterocycles. The second-order valence-electron chi connectivity index (χ2n) is 5.21. The van der Waals surface area contributed by atoms with Crippen LogP contribution < -0.4 is 10.6 Å². The highest BCUT2D eigenvalue weighted by atomic mass is 32.1. The van der Waals surface area contributed by atoms with Crippen LogP contribution in [0.15, 0.2) is 17.5 Å².